The Hall–Kier alpha value is -2.70. The molecule has 0 radical (unpaired) electrons. The average Bonchev–Trinajstić information content (AvgIpc) is 3.04. The van der Waals surface area contributed by atoms with E-state index in [1.54, 1.807) is 0 Å². The van der Waals surface area contributed by atoms with Gasteiger partial charge in [-0.25, -0.2) is 8.42 Å². The number of pyridine rings is 1. The fourth-order valence-corrected chi connectivity index (χ4v) is 4.78. The minimum Gasteiger partial charge on any atom is -0.484 e. The molecule has 1 aliphatic rings. The molecule has 1 saturated carbocycles. The maximum absolute atomic E-state index is 13.2. The van der Waals surface area contributed by atoms with E-state index in [-0.39, 0.29) is 34.6 Å². The number of amides is 1. The van der Waals surface area contributed by atoms with Crippen molar-refractivity contribution in [3.63, 3.8) is 0 Å². The molecule has 1 atom stereocenters. The van der Waals surface area contributed by atoms with Crippen molar-refractivity contribution in [2.75, 3.05) is 18.6 Å². The largest absolute Gasteiger partial charge is 0.484 e. The van der Waals surface area contributed by atoms with Crippen LogP contribution in [0.4, 0.5) is 13.2 Å². The third kappa shape index (κ3) is 5.75. The van der Waals surface area contributed by atoms with E-state index in [0.717, 1.165) is 12.7 Å². The van der Waals surface area contributed by atoms with E-state index in [4.69, 9.17) is 9.26 Å². The Kier molecular flexibility index (Phi) is 6.50. The fraction of sp³-hybridized carbons (Fsp3) is 0.579. The average molecular weight is 476 g/mol. The lowest BCUT2D eigenvalue weighted by Crippen LogP contribution is -2.49. The van der Waals surface area contributed by atoms with Crippen LogP contribution in [0.15, 0.2) is 16.8 Å². The lowest BCUT2D eigenvalue weighted by Gasteiger charge is -2.31. The first kappa shape index (κ1) is 24.0. The van der Waals surface area contributed by atoms with Gasteiger partial charge in [-0.1, -0.05) is 11.6 Å². The number of nitrogens with one attached hydrogen (secondary N) is 1. The van der Waals surface area contributed by atoms with Crippen LogP contribution in [0.5, 0.6) is 5.75 Å². The molecule has 2 aromatic heterocycles. The lowest BCUT2D eigenvalue weighted by atomic mass is 9.78. The highest BCUT2D eigenvalue weighted by atomic mass is 32.2. The van der Waals surface area contributed by atoms with Crippen molar-refractivity contribution in [3.05, 3.63) is 35.2 Å². The number of ether oxygens (including phenoxy) is 1. The summed E-state index contributed by atoms with van der Waals surface area (Å²) in [5, 5.41) is 6.34. The van der Waals surface area contributed by atoms with Crippen LogP contribution < -0.4 is 10.1 Å². The number of alkyl halides is 3. The predicted molar refractivity (Wildman–Crippen MR) is 106 cm³/mol. The number of carbonyl (C=O) groups excluding carboxylic acids is 1. The number of hydrogen-bond acceptors (Lipinski definition) is 8. The number of sulfone groups is 1. The number of rotatable bonds is 8. The molecule has 0 spiro atoms. The summed E-state index contributed by atoms with van der Waals surface area (Å²) in [4.78, 5) is 21.3. The number of aromatic nitrogens is 3. The summed E-state index contributed by atoms with van der Waals surface area (Å²) < 4.78 is 72.1. The molecule has 3 rings (SSSR count). The van der Waals surface area contributed by atoms with Gasteiger partial charge in [0.2, 0.25) is 5.89 Å². The maximum Gasteiger partial charge on any atom is 0.422 e. The van der Waals surface area contributed by atoms with Gasteiger partial charge >= 0.3 is 6.18 Å². The topological polar surface area (TPSA) is 124 Å². The quantitative estimate of drug-likeness (QED) is 0.617. The van der Waals surface area contributed by atoms with E-state index in [1.165, 1.54) is 26.1 Å². The summed E-state index contributed by atoms with van der Waals surface area (Å²) >= 11 is 0. The SMILES string of the molecule is Cc1nc(C(C)(CS(C)(=O)=O)NC(=O)c2nccc(OCC(F)(F)F)c2C2CCC2)no1. The number of carbonyl (C=O) groups is 1. The number of nitrogens with zero attached hydrogens (tertiary/aromatic N) is 3. The van der Waals surface area contributed by atoms with Crippen LogP contribution in [0.25, 0.3) is 0 Å². The van der Waals surface area contributed by atoms with Crippen LogP contribution in [0.1, 0.15) is 59.9 Å². The number of hydrogen-bond donors (Lipinski definition) is 1. The van der Waals surface area contributed by atoms with E-state index in [9.17, 15) is 26.4 Å². The van der Waals surface area contributed by atoms with Crippen LogP contribution >= 0.6 is 0 Å². The first-order valence-electron chi connectivity index (χ1n) is 9.77. The second-order valence-electron chi connectivity index (χ2n) is 8.10. The minimum atomic E-state index is -4.55. The number of halogens is 3. The second-order valence-corrected chi connectivity index (χ2v) is 10.2. The number of aryl methyl sites for hydroxylation is 1. The van der Waals surface area contributed by atoms with E-state index < -0.39 is 39.8 Å². The Morgan fingerprint density at radius 3 is 2.53 bits per heavy atom. The van der Waals surface area contributed by atoms with Crippen molar-refractivity contribution >= 4 is 15.7 Å². The van der Waals surface area contributed by atoms with Gasteiger partial charge < -0.3 is 14.6 Å². The molecule has 13 heteroatoms. The zero-order valence-electron chi connectivity index (χ0n) is 17.7. The molecule has 1 unspecified atom stereocenters. The molecular formula is C19H23F3N4O5S. The molecule has 0 aliphatic heterocycles. The molecular weight excluding hydrogens is 453 g/mol. The molecule has 32 heavy (non-hydrogen) atoms. The van der Waals surface area contributed by atoms with Crippen LogP contribution in [-0.2, 0) is 15.4 Å². The van der Waals surface area contributed by atoms with Gasteiger partial charge in [0, 0.05) is 24.9 Å². The van der Waals surface area contributed by atoms with Gasteiger partial charge in [0.15, 0.2) is 12.4 Å². The van der Waals surface area contributed by atoms with E-state index in [0.29, 0.717) is 12.8 Å². The summed E-state index contributed by atoms with van der Waals surface area (Å²) in [6.07, 6.45) is -0.193. The fourth-order valence-electron chi connectivity index (χ4n) is 3.53. The lowest BCUT2D eigenvalue weighted by molar-refractivity contribution is -0.153. The Labute approximate surface area is 182 Å². The normalized spacial score (nSPS) is 16.8. The zero-order chi connectivity index (χ0) is 23.7. The predicted octanol–water partition coefficient (Wildman–Crippen LogP) is 2.67. The van der Waals surface area contributed by atoms with Crippen molar-refractivity contribution in [1.29, 1.82) is 0 Å². The summed E-state index contributed by atoms with van der Waals surface area (Å²) in [7, 11) is -3.61. The van der Waals surface area contributed by atoms with Crippen LogP contribution in [0, 0.1) is 6.92 Å². The highest BCUT2D eigenvalue weighted by molar-refractivity contribution is 7.90. The third-order valence-corrected chi connectivity index (χ3v) is 6.13. The Morgan fingerprint density at radius 1 is 1.34 bits per heavy atom. The summed E-state index contributed by atoms with van der Waals surface area (Å²) in [5.41, 5.74) is -1.43. The van der Waals surface area contributed by atoms with Gasteiger partial charge in [0.1, 0.15) is 26.8 Å². The Morgan fingerprint density at radius 2 is 2.03 bits per heavy atom. The van der Waals surface area contributed by atoms with E-state index >= 15 is 0 Å². The molecule has 1 amide bonds. The second kappa shape index (κ2) is 8.68. The first-order valence-corrected chi connectivity index (χ1v) is 11.8. The van der Waals surface area contributed by atoms with E-state index in [1.807, 2.05) is 0 Å². The summed E-state index contributed by atoms with van der Waals surface area (Å²) in [5.74, 6) is -1.46. The molecule has 1 aliphatic carbocycles. The highest BCUT2D eigenvalue weighted by Gasteiger charge is 2.39. The molecule has 0 bridgehead atoms. The van der Waals surface area contributed by atoms with E-state index in [2.05, 4.69) is 20.4 Å². The first-order chi connectivity index (χ1) is 14.8. The molecule has 2 aromatic rings. The maximum atomic E-state index is 13.2. The molecule has 1 fully saturated rings. The molecule has 1 N–H and O–H groups in total. The van der Waals surface area contributed by atoms with Crippen LogP contribution in [0.3, 0.4) is 0 Å². The minimum absolute atomic E-state index is 0.0524. The standard InChI is InChI=1S/C19H23F3N4O5S/c1-11-24-17(26-31-11)18(2,10-32(3,28)29)25-16(27)15-14(12-5-4-6-12)13(7-8-23-15)30-9-19(20,21)22/h7-8,12H,4-6,9-10H2,1-3H3,(H,25,27). The van der Waals surface area contributed by atoms with Crippen LogP contribution in [-0.4, -0.2) is 54.2 Å². The van der Waals surface area contributed by atoms with Crippen molar-refractivity contribution < 1.29 is 35.6 Å². The van der Waals surface area contributed by atoms with Gasteiger partial charge in [0.25, 0.3) is 5.91 Å². The van der Waals surface area contributed by atoms with Gasteiger partial charge in [-0.15, -0.1) is 0 Å². The molecule has 0 aromatic carbocycles. The Bertz CT molecular complexity index is 1100. The van der Waals surface area contributed by atoms with Crippen LogP contribution in [0.2, 0.25) is 0 Å². The smallest absolute Gasteiger partial charge is 0.422 e. The summed E-state index contributed by atoms with van der Waals surface area (Å²) in [6, 6.07) is 1.29. The molecule has 176 valence electrons. The zero-order valence-corrected chi connectivity index (χ0v) is 18.5. The van der Waals surface area contributed by atoms with Gasteiger partial charge in [-0.2, -0.15) is 18.2 Å². The van der Waals surface area contributed by atoms with Gasteiger partial charge in [0.05, 0.1) is 5.75 Å². The molecule has 2 heterocycles. The van der Waals surface area contributed by atoms with Gasteiger partial charge in [-0.05, 0) is 31.7 Å². The Balaban J connectivity index is 1.97. The third-order valence-electron chi connectivity index (χ3n) is 5.03. The van der Waals surface area contributed by atoms with Gasteiger partial charge in [-0.3, -0.25) is 9.78 Å². The summed E-state index contributed by atoms with van der Waals surface area (Å²) in [6.45, 7) is 1.42. The monoisotopic (exact) mass is 476 g/mol. The van der Waals surface area contributed by atoms with Crippen molar-refractivity contribution in [2.24, 2.45) is 0 Å². The molecule has 0 saturated heterocycles. The molecule has 9 nitrogen and oxygen atoms in total. The van der Waals surface area contributed by atoms with Crippen molar-refractivity contribution in [1.82, 2.24) is 20.4 Å². The van der Waals surface area contributed by atoms with Crippen molar-refractivity contribution in [3.8, 4) is 5.75 Å². The van der Waals surface area contributed by atoms with Crippen molar-refractivity contribution in [2.45, 2.75) is 50.7 Å². The highest BCUT2D eigenvalue weighted by Crippen LogP contribution is 2.42.